The highest BCUT2D eigenvalue weighted by atomic mass is 32.1. The molecule has 0 bridgehead atoms. The molecule has 0 saturated heterocycles. The van der Waals surface area contributed by atoms with Crippen molar-refractivity contribution in [3.63, 3.8) is 0 Å². The van der Waals surface area contributed by atoms with Crippen LogP contribution in [0.25, 0.3) is 11.3 Å². The molecule has 0 aliphatic carbocycles. The first-order chi connectivity index (χ1) is 8.65. The van der Waals surface area contributed by atoms with Crippen LogP contribution in [0.4, 0.5) is 0 Å². The van der Waals surface area contributed by atoms with E-state index in [1.807, 2.05) is 25.1 Å². The molecule has 94 valence electrons. The summed E-state index contributed by atoms with van der Waals surface area (Å²) in [5.74, 6) is 1.50. The average molecular weight is 262 g/mol. The molecule has 4 nitrogen and oxygen atoms in total. The molecule has 0 atom stereocenters. The zero-order valence-corrected chi connectivity index (χ0v) is 11.3. The van der Waals surface area contributed by atoms with Gasteiger partial charge in [-0.15, -0.1) is 0 Å². The smallest absolute Gasteiger partial charge is 0.197 e. The van der Waals surface area contributed by atoms with Crippen LogP contribution in [0.1, 0.15) is 5.56 Å². The fraction of sp³-hybridized carbons (Fsp3) is 0.231. The summed E-state index contributed by atoms with van der Waals surface area (Å²) < 4.78 is 11.1. The van der Waals surface area contributed by atoms with Crippen LogP contribution in [-0.4, -0.2) is 24.2 Å². The number of rotatable bonds is 3. The lowest BCUT2D eigenvalue weighted by Gasteiger charge is -2.13. The molecule has 5 heteroatoms. The molecule has 1 aromatic heterocycles. The summed E-state index contributed by atoms with van der Waals surface area (Å²) in [6, 6.07) is 5.67. The van der Waals surface area contributed by atoms with E-state index in [0.717, 1.165) is 28.3 Å². The van der Waals surface area contributed by atoms with Gasteiger partial charge in [0.2, 0.25) is 0 Å². The molecule has 2 aromatic rings. The number of nitrogens with one attached hydrogen (secondary N) is 1. The first-order valence-corrected chi connectivity index (χ1v) is 5.85. The number of hydrogen-bond acceptors (Lipinski definition) is 4. The van der Waals surface area contributed by atoms with Crippen LogP contribution in [0.2, 0.25) is 0 Å². The minimum atomic E-state index is 0.449. The van der Waals surface area contributed by atoms with E-state index < -0.39 is 0 Å². The molecular formula is C13H14N2O2S. The fourth-order valence-electron chi connectivity index (χ4n) is 1.86. The number of nitrogens with zero attached hydrogens (tertiary/aromatic N) is 1. The quantitative estimate of drug-likeness (QED) is 0.863. The fourth-order valence-corrected chi connectivity index (χ4v) is 2.03. The van der Waals surface area contributed by atoms with Crippen molar-refractivity contribution in [2.24, 2.45) is 0 Å². The van der Waals surface area contributed by atoms with Gasteiger partial charge in [-0.1, -0.05) is 0 Å². The number of H-pyrrole nitrogens is 1. The molecule has 1 aromatic carbocycles. The third-order valence-electron chi connectivity index (χ3n) is 2.67. The Morgan fingerprint density at radius 3 is 2.61 bits per heavy atom. The molecule has 0 spiro atoms. The predicted octanol–water partition coefficient (Wildman–Crippen LogP) is 3.13. The van der Waals surface area contributed by atoms with Gasteiger partial charge in [0.1, 0.15) is 11.5 Å². The van der Waals surface area contributed by atoms with Crippen molar-refractivity contribution in [2.75, 3.05) is 14.2 Å². The van der Waals surface area contributed by atoms with Crippen LogP contribution < -0.4 is 9.47 Å². The van der Waals surface area contributed by atoms with Crippen LogP contribution in [0, 0.1) is 11.7 Å². The first-order valence-electron chi connectivity index (χ1n) is 5.44. The van der Waals surface area contributed by atoms with Crippen molar-refractivity contribution in [3.05, 3.63) is 34.7 Å². The number of benzene rings is 1. The van der Waals surface area contributed by atoms with Gasteiger partial charge >= 0.3 is 0 Å². The Bertz CT molecular complexity index is 623. The van der Waals surface area contributed by atoms with Gasteiger partial charge in [0.15, 0.2) is 4.77 Å². The first kappa shape index (κ1) is 12.6. The molecule has 2 rings (SSSR count). The maximum atomic E-state index is 5.41. The predicted molar refractivity (Wildman–Crippen MR) is 72.7 cm³/mol. The summed E-state index contributed by atoms with van der Waals surface area (Å²) in [6.45, 7) is 2.00. The topological polar surface area (TPSA) is 47.1 Å². The van der Waals surface area contributed by atoms with Crippen LogP contribution in [0.3, 0.4) is 0 Å². The highest BCUT2D eigenvalue weighted by Gasteiger charge is 2.12. The highest BCUT2D eigenvalue weighted by Crippen LogP contribution is 2.35. The van der Waals surface area contributed by atoms with Gasteiger partial charge in [0, 0.05) is 17.8 Å². The van der Waals surface area contributed by atoms with E-state index in [9.17, 15) is 0 Å². The molecule has 0 fully saturated rings. The summed E-state index contributed by atoms with van der Waals surface area (Å²) in [5.41, 5.74) is 2.89. The van der Waals surface area contributed by atoms with E-state index in [-0.39, 0.29) is 0 Å². The lowest BCUT2D eigenvalue weighted by Crippen LogP contribution is -1.96. The van der Waals surface area contributed by atoms with E-state index in [4.69, 9.17) is 21.7 Å². The van der Waals surface area contributed by atoms with E-state index in [1.54, 1.807) is 20.4 Å². The van der Waals surface area contributed by atoms with E-state index in [2.05, 4.69) is 9.97 Å². The molecule has 0 aliphatic rings. The second kappa shape index (κ2) is 5.18. The second-order valence-electron chi connectivity index (χ2n) is 3.81. The van der Waals surface area contributed by atoms with Gasteiger partial charge in [-0.2, -0.15) is 0 Å². The summed E-state index contributed by atoms with van der Waals surface area (Å²) in [5, 5.41) is 0. The van der Waals surface area contributed by atoms with Crippen molar-refractivity contribution < 1.29 is 9.47 Å². The molecule has 1 N–H and O–H groups in total. The monoisotopic (exact) mass is 262 g/mol. The molecule has 0 radical (unpaired) electrons. The third kappa shape index (κ3) is 2.36. The van der Waals surface area contributed by atoms with Gasteiger partial charge in [-0.3, -0.25) is 0 Å². The van der Waals surface area contributed by atoms with Gasteiger partial charge < -0.3 is 14.5 Å². The van der Waals surface area contributed by atoms with Crippen molar-refractivity contribution in [2.45, 2.75) is 6.92 Å². The minimum Gasteiger partial charge on any atom is -0.497 e. The summed E-state index contributed by atoms with van der Waals surface area (Å²) >= 11 is 5.04. The van der Waals surface area contributed by atoms with E-state index in [1.165, 1.54) is 0 Å². The van der Waals surface area contributed by atoms with E-state index >= 15 is 0 Å². The van der Waals surface area contributed by atoms with Gasteiger partial charge in [0.05, 0.1) is 19.9 Å². The van der Waals surface area contributed by atoms with Gasteiger partial charge in [0.25, 0.3) is 0 Å². The van der Waals surface area contributed by atoms with Crippen LogP contribution >= 0.6 is 12.2 Å². The zero-order chi connectivity index (χ0) is 13.1. The number of aromatic amines is 1. The number of ether oxygens (including phenoxy) is 2. The normalized spacial score (nSPS) is 10.2. The van der Waals surface area contributed by atoms with Crippen LogP contribution in [0.5, 0.6) is 11.5 Å². The van der Waals surface area contributed by atoms with Crippen molar-refractivity contribution >= 4 is 12.2 Å². The standard InChI is InChI=1S/C13H14N2O2S/c1-8-6-9(16-2)7-11(17-3)12(8)10-4-5-14-13(18)15-10/h4-7H,1-3H3,(H,14,15,18). The Balaban J connectivity index is 2.66. The van der Waals surface area contributed by atoms with Crippen molar-refractivity contribution in [1.29, 1.82) is 0 Å². The van der Waals surface area contributed by atoms with E-state index in [0.29, 0.717) is 4.77 Å². The van der Waals surface area contributed by atoms with Gasteiger partial charge in [-0.25, -0.2) is 4.98 Å². The number of aromatic nitrogens is 2. The van der Waals surface area contributed by atoms with Crippen LogP contribution in [0.15, 0.2) is 24.4 Å². The van der Waals surface area contributed by atoms with Gasteiger partial charge in [-0.05, 0) is 36.8 Å². The van der Waals surface area contributed by atoms with Crippen molar-refractivity contribution in [1.82, 2.24) is 9.97 Å². The lowest BCUT2D eigenvalue weighted by molar-refractivity contribution is 0.395. The third-order valence-corrected chi connectivity index (χ3v) is 2.88. The Hall–Kier alpha value is -1.88. The number of hydrogen-bond donors (Lipinski definition) is 1. The Morgan fingerprint density at radius 2 is 2.00 bits per heavy atom. The maximum Gasteiger partial charge on any atom is 0.197 e. The molecule has 18 heavy (non-hydrogen) atoms. The SMILES string of the molecule is COc1cc(C)c(-c2ccnc(=S)[nH]2)c(OC)c1. The minimum absolute atomic E-state index is 0.449. The van der Waals surface area contributed by atoms with Crippen LogP contribution in [-0.2, 0) is 0 Å². The molecule has 0 aliphatic heterocycles. The lowest BCUT2D eigenvalue weighted by atomic mass is 10.0. The molecule has 0 amide bonds. The summed E-state index contributed by atoms with van der Waals surface area (Å²) in [6.07, 6.45) is 1.68. The molecule has 1 heterocycles. The largest absolute Gasteiger partial charge is 0.497 e. The number of aryl methyl sites for hydroxylation is 1. The molecule has 0 saturated carbocycles. The second-order valence-corrected chi connectivity index (χ2v) is 4.20. The Labute approximate surface area is 111 Å². The van der Waals surface area contributed by atoms with Crippen molar-refractivity contribution in [3.8, 4) is 22.8 Å². The molecular weight excluding hydrogens is 248 g/mol. The zero-order valence-electron chi connectivity index (χ0n) is 10.5. The highest BCUT2D eigenvalue weighted by molar-refractivity contribution is 7.71. The number of methoxy groups -OCH3 is 2. The Morgan fingerprint density at radius 1 is 1.22 bits per heavy atom. The molecule has 0 unspecified atom stereocenters. The maximum absolute atomic E-state index is 5.41. The Kier molecular flexibility index (Phi) is 3.62. The summed E-state index contributed by atoms with van der Waals surface area (Å²) in [4.78, 5) is 7.04. The average Bonchev–Trinajstić information content (AvgIpc) is 2.37. The summed E-state index contributed by atoms with van der Waals surface area (Å²) in [7, 11) is 3.27.